The van der Waals surface area contributed by atoms with Crippen molar-refractivity contribution in [1.29, 1.82) is 0 Å². The van der Waals surface area contributed by atoms with Crippen LogP contribution in [0.4, 0.5) is 0 Å². The highest BCUT2D eigenvalue weighted by atomic mass is 35.5. The molecule has 4 aromatic rings. The summed E-state index contributed by atoms with van der Waals surface area (Å²) in [6, 6.07) is 11.3. The molecule has 0 radical (unpaired) electrons. The average Bonchev–Trinajstić information content (AvgIpc) is 3.40. The summed E-state index contributed by atoms with van der Waals surface area (Å²) in [5.74, 6) is -1.27. The summed E-state index contributed by atoms with van der Waals surface area (Å²) in [6.07, 6.45) is 3.11. The highest BCUT2D eigenvalue weighted by molar-refractivity contribution is 6.30. The van der Waals surface area contributed by atoms with Gasteiger partial charge in [0, 0.05) is 23.4 Å². The van der Waals surface area contributed by atoms with Crippen LogP contribution in [0.15, 0.2) is 58.4 Å². The number of rotatable bonds is 5. The third kappa shape index (κ3) is 4.80. The van der Waals surface area contributed by atoms with E-state index in [2.05, 4.69) is 4.99 Å². The van der Waals surface area contributed by atoms with Gasteiger partial charge in [0.1, 0.15) is 16.9 Å². The molecule has 0 spiro atoms. The third-order valence-corrected chi connectivity index (χ3v) is 6.56. The van der Waals surface area contributed by atoms with E-state index in [4.69, 9.17) is 26.1 Å². The first kappa shape index (κ1) is 24.9. The number of ether oxygens (including phenoxy) is 2. The zero-order valence-corrected chi connectivity index (χ0v) is 21.2. The Labute approximate surface area is 217 Å². The second-order valence-electron chi connectivity index (χ2n) is 8.81. The van der Waals surface area contributed by atoms with E-state index in [-0.39, 0.29) is 41.3 Å². The molecule has 0 saturated carbocycles. The SMILES string of the molecule is CCOC(=O)c1cc2c(=O)n3cccc(C)c3nc2n(C[C@H]2CCCO2)c1=NC(=O)c1ccc(Cl)cc1. The zero-order chi connectivity index (χ0) is 26.1. The van der Waals surface area contributed by atoms with E-state index < -0.39 is 11.9 Å². The Kier molecular flexibility index (Phi) is 6.90. The summed E-state index contributed by atoms with van der Waals surface area (Å²) in [4.78, 5) is 49.1. The van der Waals surface area contributed by atoms with Crippen molar-refractivity contribution >= 4 is 40.2 Å². The number of hydrogen-bond donors (Lipinski definition) is 0. The summed E-state index contributed by atoms with van der Waals surface area (Å²) in [6.45, 7) is 4.52. The van der Waals surface area contributed by atoms with Gasteiger partial charge < -0.3 is 14.0 Å². The first-order valence-corrected chi connectivity index (χ1v) is 12.4. The Morgan fingerprint density at radius 1 is 1.22 bits per heavy atom. The van der Waals surface area contributed by atoms with Crippen molar-refractivity contribution in [1.82, 2.24) is 14.0 Å². The minimum atomic E-state index is -0.693. The maximum atomic E-state index is 13.6. The van der Waals surface area contributed by atoms with Crippen LogP contribution in [0.3, 0.4) is 0 Å². The molecule has 1 fully saturated rings. The number of carbonyl (C=O) groups excluding carboxylic acids is 2. The van der Waals surface area contributed by atoms with Crippen LogP contribution in [0.2, 0.25) is 5.02 Å². The van der Waals surface area contributed by atoms with Crippen molar-refractivity contribution in [3.05, 3.63) is 86.2 Å². The molecular weight excluding hydrogens is 496 g/mol. The molecule has 9 nitrogen and oxygen atoms in total. The third-order valence-electron chi connectivity index (χ3n) is 6.31. The number of nitrogens with zero attached hydrogens (tertiary/aromatic N) is 4. The van der Waals surface area contributed by atoms with E-state index in [9.17, 15) is 14.4 Å². The van der Waals surface area contributed by atoms with Gasteiger partial charge in [-0.15, -0.1) is 0 Å². The molecule has 1 aromatic carbocycles. The van der Waals surface area contributed by atoms with E-state index in [0.717, 1.165) is 18.4 Å². The number of amides is 1. The van der Waals surface area contributed by atoms with Crippen LogP contribution in [0.5, 0.6) is 0 Å². The Morgan fingerprint density at radius 2 is 2.00 bits per heavy atom. The smallest absolute Gasteiger partial charge is 0.341 e. The summed E-state index contributed by atoms with van der Waals surface area (Å²) < 4.78 is 14.2. The fourth-order valence-corrected chi connectivity index (χ4v) is 4.61. The number of pyridine rings is 2. The predicted octanol–water partition coefficient (Wildman–Crippen LogP) is 3.71. The van der Waals surface area contributed by atoms with Gasteiger partial charge in [0.05, 0.1) is 24.6 Å². The van der Waals surface area contributed by atoms with Crippen LogP contribution in [0.1, 0.15) is 46.0 Å². The fourth-order valence-electron chi connectivity index (χ4n) is 4.48. The number of benzene rings is 1. The van der Waals surface area contributed by atoms with Gasteiger partial charge in [0.25, 0.3) is 11.5 Å². The fraction of sp³-hybridized carbons (Fsp3) is 0.296. The van der Waals surface area contributed by atoms with Crippen molar-refractivity contribution in [3.63, 3.8) is 0 Å². The van der Waals surface area contributed by atoms with E-state index >= 15 is 0 Å². The van der Waals surface area contributed by atoms with Crippen LogP contribution >= 0.6 is 11.6 Å². The van der Waals surface area contributed by atoms with Crippen LogP contribution < -0.4 is 11.0 Å². The number of halogens is 1. The van der Waals surface area contributed by atoms with Crippen molar-refractivity contribution in [2.75, 3.05) is 13.2 Å². The molecule has 190 valence electrons. The van der Waals surface area contributed by atoms with Gasteiger partial charge in [-0.3, -0.25) is 14.0 Å². The van der Waals surface area contributed by atoms with E-state index in [0.29, 0.717) is 28.5 Å². The number of hydrogen-bond acceptors (Lipinski definition) is 6. The lowest BCUT2D eigenvalue weighted by Crippen LogP contribution is -2.35. The predicted molar refractivity (Wildman–Crippen MR) is 138 cm³/mol. The van der Waals surface area contributed by atoms with Gasteiger partial charge in [-0.25, -0.2) is 9.78 Å². The van der Waals surface area contributed by atoms with Crippen LogP contribution in [-0.4, -0.2) is 45.1 Å². The highest BCUT2D eigenvalue weighted by Gasteiger charge is 2.24. The van der Waals surface area contributed by atoms with E-state index in [1.807, 2.05) is 13.0 Å². The molecule has 1 saturated heterocycles. The molecule has 10 heteroatoms. The molecule has 4 heterocycles. The van der Waals surface area contributed by atoms with E-state index in [1.165, 1.54) is 10.5 Å². The summed E-state index contributed by atoms with van der Waals surface area (Å²) in [7, 11) is 0. The van der Waals surface area contributed by atoms with Crippen molar-refractivity contribution < 1.29 is 19.1 Å². The minimum Gasteiger partial charge on any atom is -0.462 e. The molecule has 37 heavy (non-hydrogen) atoms. The second kappa shape index (κ2) is 10.3. The number of fused-ring (bicyclic) bond motifs is 2. The van der Waals surface area contributed by atoms with Crippen molar-refractivity contribution in [3.8, 4) is 0 Å². The van der Waals surface area contributed by atoms with Gasteiger partial charge >= 0.3 is 5.97 Å². The number of aromatic nitrogens is 3. The lowest BCUT2D eigenvalue weighted by molar-refractivity contribution is 0.0521. The standard InChI is InChI=1S/C27H25ClN4O5/c1-3-36-27(35)21-14-20-23(29-22-16(2)6-4-12-31(22)26(20)34)32(15-19-7-5-13-37-19)24(21)30-25(33)17-8-10-18(28)11-9-17/h4,6,8-12,14,19H,3,5,7,13,15H2,1-2H3/t19-/m1/s1. The summed E-state index contributed by atoms with van der Waals surface area (Å²) >= 11 is 5.98. The van der Waals surface area contributed by atoms with Gasteiger partial charge in [-0.05, 0) is 68.7 Å². The number of esters is 1. The Bertz CT molecular complexity index is 1650. The molecule has 0 N–H and O–H groups in total. The first-order chi connectivity index (χ1) is 17.9. The molecule has 0 unspecified atom stereocenters. The average molecular weight is 521 g/mol. The monoisotopic (exact) mass is 520 g/mol. The van der Waals surface area contributed by atoms with Gasteiger partial charge in [0.2, 0.25) is 0 Å². The normalized spacial score (nSPS) is 16.0. The maximum Gasteiger partial charge on any atom is 0.341 e. The highest BCUT2D eigenvalue weighted by Crippen LogP contribution is 2.18. The van der Waals surface area contributed by atoms with Crippen molar-refractivity contribution in [2.45, 2.75) is 39.3 Å². The number of aryl methyl sites for hydroxylation is 1. The lowest BCUT2D eigenvalue weighted by atomic mass is 10.1. The Morgan fingerprint density at radius 3 is 2.70 bits per heavy atom. The minimum absolute atomic E-state index is 0.00108. The quantitative estimate of drug-likeness (QED) is 0.293. The lowest BCUT2D eigenvalue weighted by Gasteiger charge is -2.18. The van der Waals surface area contributed by atoms with E-state index in [1.54, 1.807) is 48.0 Å². The van der Waals surface area contributed by atoms with Gasteiger partial charge in [-0.2, -0.15) is 4.99 Å². The zero-order valence-electron chi connectivity index (χ0n) is 20.4. The Balaban J connectivity index is 1.87. The number of carbonyl (C=O) groups is 2. The largest absolute Gasteiger partial charge is 0.462 e. The molecule has 1 amide bonds. The van der Waals surface area contributed by atoms with Gasteiger partial charge in [-0.1, -0.05) is 17.7 Å². The second-order valence-corrected chi connectivity index (χ2v) is 9.25. The van der Waals surface area contributed by atoms with Crippen LogP contribution in [0.25, 0.3) is 16.7 Å². The molecular formula is C27H25ClN4O5. The maximum absolute atomic E-state index is 13.6. The van der Waals surface area contributed by atoms with Crippen LogP contribution in [-0.2, 0) is 16.0 Å². The molecule has 5 rings (SSSR count). The molecule has 1 aliphatic heterocycles. The molecule has 1 aliphatic rings. The van der Waals surface area contributed by atoms with Crippen molar-refractivity contribution in [2.24, 2.45) is 4.99 Å². The molecule has 0 aliphatic carbocycles. The summed E-state index contributed by atoms with van der Waals surface area (Å²) in [5, 5.41) is 0.692. The molecule has 1 atom stereocenters. The molecule has 3 aromatic heterocycles. The molecule has 0 bridgehead atoms. The summed E-state index contributed by atoms with van der Waals surface area (Å²) in [5.41, 5.74) is 1.60. The van der Waals surface area contributed by atoms with Crippen LogP contribution in [0, 0.1) is 6.92 Å². The Hall–Kier alpha value is -3.82. The first-order valence-electron chi connectivity index (χ1n) is 12.1. The topological polar surface area (TPSA) is 104 Å². The van der Waals surface area contributed by atoms with Gasteiger partial charge in [0.15, 0.2) is 5.49 Å².